The molecule has 0 aliphatic carbocycles. The number of unbranched alkanes of at least 4 members (excludes halogenated alkanes) is 5. The molecular weight excluding hydrogens is 867 g/mol. The molecule has 67 heavy (non-hydrogen) atoms. The largest absolute Gasteiger partial charge is 0.480 e. The highest BCUT2D eigenvalue weighted by Crippen LogP contribution is 2.34. The molecule has 4 heterocycles. The summed E-state index contributed by atoms with van der Waals surface area (Å²) in [5.41, 5.74) is 12.6. The molecule has 0 spiro atoms. The summed E-state index contributed by atoms with van der Waals surface area (Å²) in [4.78, 5) is 69.5. The molecule has 5 amide bonds. The van der Waals surface area contributed by atoms with Gasteiger partial charge in [0, 0.05) is 61.4 Å². The van der Waals surface area contributed by atoms with Gasteiger partial charge < -0.3 is 46.9 Å². The highest BCUT2D eigenvalue weighted by Gasteiger charge is 2.43. The van der Waals surface area contributed by atoms with Gasteiger partial charge in [-0.2, -0.15) is 11.8 Å². The van der Waals surface area contributed by atoms with Crippen LogP contribution in [0.25, 0.3) is 0 Å². The smallest absolute Gasteiger partial charge is 0.326 e. The van der Waals surface area contributed by atoms with Crippen molar-refractivity contribution in [3.8, 4) is 0 Å². The Kier molecular flexibility index (Phi) is 17.7. The third kappa shape index (κ3) is 13.4. The average molecular weight is 934 g/mol. The molecule has 1 aromatic heterocycles. The number of aryl methyl sites for hydroxylation is 1. The highest BCUT2D eigenvalue weighted by atomic mass is 32.2. The second kappa shape index (κ2) is 24.2. The first-order chi connectivity index (χ1) is 32.5. The third-order valence-corrected chi connectivity index (χ3v) is 14.7. The maximum atomic E-state index is 14.3. The molecule has 3 aliphatic heterocycles. The van der Waals surface area contributed by atoms with Crippen molar-refractivity contribution in [2.45, 2.75) is 132 Å². The van der Waals surface area contributed by atoms with E-state index in [-0.39, 0.29) is 48.8 Å². The normalized spacial score (nSPS) is 19.0. The summed E-state index contributed by atoms with van der Waals surface area (Å²) in [5.74, 6) is -1.06. The lowest BCUT2D eigenvalue weighted by Crippen LogP contribution is -2.50. The Morgan fingerprint density at radius 1 is 0.866 bits per heavy atom. The van der Waals surface area contributed by atoms with E-state index in [9.17, 15) is 29.1 Å². The standard InChI is InChI=1S/C51H67N9O6S/c1-34-28-35(30-59-33-56-40-31-60(43(50(64)65)29-42(40)59)49(63)46(36-16-6-4-7-17-36)37-18-8-5-9-19-37)23-24-39(34)53-25-13-2-3-14-27-55-48(62)38(52)20-12-15-26-54-45(61)22-11-10-21-44-47-41(32-67-44)57-51(66)58-47/h4-9,16-19,23-24,28,33,38,41,43-44,46-47,53H,2-3,10-15,20-22,25-27,29-32,52H2,1H3,(H,54,61)(H,55,62)(H,64,65)(H2,57,58,66)/t38-,41-,43-,44-,47-/m0/s1. The van der Waals surface area contributed by atoms with Crippen molar-refractivity contribution >= 4 is 47.2 Å². The number of hydrogen-bond donors (Lipinski definition) is 7. The Balaban J connectivity index is 0.748. The van der Waals surface area contributed by atoms with Gasteiger partial charge in [-0.1, -0.05) is 92.1 Å². The van der Waals surface area contributed by atoms with Crippen LogP contribution in [0.4, 0.5) is 10.5 Å². The zero-order valence-corrected chi connectivity index (χ0v) is 39.4. The minimum absolute atomic E-state index is 0.0545. The maximum Gasteiger partial charge on any atom is 0.326 e. The van der Waals surface area contributed by atoms with E-state index in [4.69, 9.17) is 5.73 Å². The van der Waals surface area contributed by atoms with Crippen LogP contribution in [0, 0.1) is 6.92 Å². The quantitative estimate of drug-likeness (QED) is 0.0312. The number of anilines is 1. The van der Waals surface area contributed by atoms with E-state index in [1.54, 1.807) is 6.33 Å². The number of amides is 5. The Morgan fingerprint density at radius 3 is 2.28 bits per heavy atom. The van der Waals surface area contributed by atoms with Crippen molar-refractivity contribution in [2.24, 2.45) is 5.73 Å². The van der Waals surface area contributed by atoms with E-state index in [0.717, 1.165) is 104 Å². The van der Waals surface area contributed by atoms with Crippen molar-refractivity contribution in [1.29, 1.82) is 0 Å². The molecule has 358 valence electrons. The van der Waals surface area contributed by atoms with E-state index < -0.39 is 24.0 Å². The Bertz CT molecular complexity index is 2250. The Labute approximate surface area is 398 Å². The summed E-state index contributed by atoms with van der Waals surface area (Å²) in [6.45, 7) is 4.74. The molecule has 2 saturated heterocycles. The first kappa shape index (κ1) is 49.0. The van der Waals surface area contributed by atoms with Crippen molar-refractivity contribution in [3.05, 3.63) is 119 Å². The number of nitrogens with zero attached hydrogens (tertiary/aromatic N) is 3. The molecule has 0 bridgehead atoms. The number of imidazole rings is 1. The number of benzene rings is 3. The topological polar surface area (TPSA) is 213 Å². The molecule has 2 fully saturated rings. The fourth-order valence-corrected chi connectivity index (χ4v) is 11.0. The number of carbonyl (C=O) groups excluding carboxylic acids is 4. The molecule has 4 aromatic rings. The fraction of sp³-hybridized carbons (Fsp3) is 0.490. The van der Waals surface area contributed by atoms with Crippen molar-refractivity contribution in [1.82, 2.24) is 35.7 Å². The summed E-state index contributed by atoms with van der Waals surface area (Å²) in [7, 11) is 0. The number of thioether (sulfide) groups is 1. The van der Waals surface area contributed by atoms with Gasteiger partial charge in [0.2, 0.25) is 17.7 Å². The zero-order chi connectivity index (χ0) is 47.1. The number of carboxylic acid groups (broad SMARTS) is 1. The molecule has 0 unspecified atom stereocenters. The summed E-state index contributed by atoms with van der Waals surface area (Å²) in [6, 6.07) is 24.1. The van der Waals surface area contributed by atoms with Gasteiger partial charge in [0.25, 0.3) is 0 Å². The van der Waals surface area contributed by atoms with Crippen molar-refractivity contribution in [3.63, 3.8) is 0 Å². The first-order valence-corrected chi connectivity index (χ1v) is 25.1. The second-order valence-electron chi connectivity index (χ2n) is 18.1. The molecular formula is C51H67N9O6S. The molecule has 7 rings (SSSR count). The van der Waals surface area contributed by atoms with Gasteiger partial charge in [-0.3, -0.25) is 14.4 Å². The summed E-state index contributed by atoms with van der Waals surface area (Å²) < 4.78 is 2.01. The minimum Gasteiger partial charge on any atom is -0.480 e. The van der Waals surface area contributed by atoms with Crippen LogP contribution in [0.3, 0.4) is 0 Å². The zero-order valence-electron chi connectivity index (χ0n) is 38.6. The van der Waals surface area contributed by atoms with Crippen LogP contribution in [-0.2, 0) is 38.7 Å². The number of hydrogen-bond acceptors (Lipinski definition) is 9. The molecule has 5 atom stereocenters. The lowest BCUT2D eigenvalue weighted by molar-refractivity contribution is -0.151. The predicted octanol–water partition coefficient (Wildman–Crippen LogP) is 5.84. The van der Waals surface area contributed by atoms with Crippen molar-refractivity contribution < 1.29 is 29.1 Å². The van der Waals surface area contributed by atoms with E-state index in [1.807, 2.05) is 77.0 Å². The molecule has 0 radical (unpaired) electrons. The summed E-state index contributed by atoms with van der Waals surface area (Å²) in [5, 5.41) is 26.3. The van der Waals surface area contributed by atoms with Crippen LogP contribution in [-0.4, -0.2) is 104 Å². The van der Waals surface area contributed by atoms with E-state index in [2.05, 4.69) is 56.7 Å². The molecule has 3 aromatic carbocycles. The predicted molar refractivity (Wildman–Crippen MR) is 262 cm³/mol. The van der Waals surface area contributed by atoms with Crippen LogP contribution >= 0.6 is 11.8 Å². The van der Waals surface area contributed by atoms with Crippen LogP contribution in [0.5, 0.6) is 0 Å². The third-order valence-electron chi connectivity index (χ3n) is 13.2. The Morgan fingerprint density at radius 2 is 1.57 bits per heavy atom. The summed E-state index contributed by atoms with van der Waals surface area (Å²) in [6.07, 6.45) is 11.2. The average Bonchev–Trinajstić information content (AvgIpc) is 4.02. The SMILES string of the molecule is Cc1cc(Cn2cnc3c2C[C@@H](C(=O)O)N(C(=O)C(c2ccccc2)c2ccccc2)C3)ccc1NCCCCCCNC(=O)[C@@H](N)CCCCNC(=O)CCCC[C@@H]1SC[C@@H]2NC(=O)N[C@@H]21. The van der Waals surface area contributed by atoms with E-state index in [0.29, 0.717) is 43.4 Å². The van der Waals surface area contributed by atoms with E-state index >= 15 is 0 Å². The number of aromatic nitrogens is 2. The number of carbonyl (C=O) groups is 5. The number of carboxylic acids is 1. The molecule has 0 saturated carbocycles. The number of fused-ring (bicyclic) bond motifs is 2. The number of urea groups is 1. The summed E-state index contributed by atoms with van der Waals surface area (Å²) >= 11 is 1.90. The van der Waals surface area contributed by atoms with Gasteiger partial charge in [0.05, 0.1) is 42.6 Å². The van der Waals surface area contributed by atoms with Crippen molar-refractivity contribution in [2.75, 3.05) is 30.7 Å². The number of nitrogens with one attached hydrogen (secondary N) is 5. The van der Waals surface area contributed by atoms with Crippen LogP contribution in [0.1, 0.15) is 110 Å². The molecule has 8 N–H and O–H groups in total. The first-order valence-electron chi connectivity index (χ1n) is 24.0. The lowest BCUT2D eigenvalue weighted by atomic mass is 9.88. The van der Waals surface area contributed by atoms with Crippen LogP contribution < -0.4 is 32.3 Å². The fourth-order valence-electron chi connectivity index (χ4n) is 9.50. The monoisotopic (exact) mass is 933 g/mol. The maximum absolute atomic E-state index is 14.3. The Hall–Kier alpha value is -5.87. The van der Waals surface area contributed by atoms with Crippen LogP contribution in [0.2, 0.25) is 0 Å². The van der Waals surface area contributed by atoms with Gasteiger partial charge in [0.1, 0.15) is 6.04 Å². The molecule has 15 nitrogen and oxygen atoms in total. The molecule has 3 aliphatic rings. The number of rotatable bonds is 25. The van der Waals surface area contributed by atoms with Gasteiger partial charge >= 0.3 is 12.0 Å². The van der Waals surface area contributed by atoms with Gasteiger partial charge in [-0.05, 0) is 80.2 Å². The van der Waals surface area contributed by atoms with Crippen LogP contribution in [0.15, 0.2) is 85.2 Å². The highest BCUT2D eigenvalue weighted by molar-refractivity contribution is 8.00. The second-order valence-corrected chi connectivity index (χ2v) is 19.4. The minimum atomic E-state index is -1.04. The lowest BCUT2D eigenvalue weighted by Gasteiger charge is -2.35. The van der Waals surface area contributed by atoms with Gasteiger partial charge in [-0.25, -0.2) is 14.6 Å². The van der Waals surface area contributed by atoms with E-state index in [1.165, 1.54) is 4.90 Å². The molecule has 16 heteroatoms. The van der Waals surface area contributed by atoms with Gasteiger partial charge in [0.15, 0.2) is 0 Å². The number of aliphatic carboxylic acids is 1. The number of nitrogens with two attached hydrogens (primary N) is 1. The van der Waals surface area contributed by atoms with Gasteiger partial charge in [-0.15, -0.1) is 0 Å².